The van der Waals surface area contributed by atoms with E-state index in [4.69, 9.17) is 4.74 Å². The van der Waals surface area contributed by atoms with E-state index in [1.54, 1.807) is 35.6 Å². The minimum Gasteiger partial charge on any atom is -0.477 e. The number of benzene rings is 1. The van der Waals surface area contributed by atoms with Crippen LogP contribution < -0.4 is 20.5 Å². The van der Waals surface area contributed by atoms with E-state index in [-0.39, 0.29) is 30.5 Å². The molecule has 0 saturated heterocycles. The highest BCUT2D eigenvalue weighted by Crippen LogP contribution is 2.34. The molecule has 0 aliphatic carbocycles. The lowest BCUT2D eigenvalue weighted by Gasteiger charge is -2.34. The summed E-state index contributed by atoms with van der Waals surface area (Å²) >= 11 is 2.95. The van der Waals surface area contributed by atoms with E-state index in [1.165, 1.54) is 34.2 Å². The maximum Gasteiger partial charge on any atom is 0.263 e. The van der Waals surface area contributed by atoms with Crippen molar-refractivity contribution in [3.05, 3.63) is 63.8 Å². The van der Waals surface area contributed by atoms with Crippen molar-refractivity contribution in [1.29, 1.82) is 0 Å². The third-order valence-corrected chi connectivity index (χ3v) is 7.06. The number of carbonyl (C=O) groups excluding carboxylic acids is 2. The zero-order chi connectivity index (χ0) is 22.2. The van der Waals surface area contributed by atoms with Crippen molar-refractivity contribution in [1.82, 2.24) is 14.9 Å². The average molecular weight is 467 g/mol. The van der Waals surface area contributed by atoms with Gasteiger partial charge in [0.1, 0.15) is 17.1 Å². The number of carbonyl (C=O) groups is 2. The molecule has 2 amide bonds. The number of thiophene rings is 2. The van der Waals surface area contributed by atoms with Crippen LogP contribution >= 0.6 is 22.7 Å². The first kappa shape index (κ1) is 20.4. The van der Waals surface area contributed by atoms with Gasteiger partial charge in [-0.15, -0.1) is 22.7 Å². The highest BCUT2D eigenvalue weighted by molar-refractivity contribution is 7.18. The van der Waals surface area contributed by atoms with E-state index in [1.807, 2.05) is 22.9 Å². The lowest BCUT2D eigenvalue weighted by Crippen LogP contribution is -2.51. The largest absolute Gasteiger partial charge is 0.477 e. The standard InChI is InChI=1S/C22H18N4O4S2/c1-23-20(28)16-9-26(14-5-2-3-6-15(14)30-16)18(27)10-25-12-24-21-19(22(25)29)13(11-32-21)17-7-4-8-31-17/h2-8,11-12,16H,9-10H2,1H3,(H,23,28)/t16-/m0/s1. The minimum absolute atomic E-state index is 0.0544. The van der Waals surface area contributed by atoms with E-state index in [9.17, 15) is 14.4 Å². The lowest BCUT2D eigenvalue weighted by atomic mass is 10.1. The molecule has 0 unspecified atom stereocenters. The number of para-hydroxylation sites is 2. The van der Waals surface area contributed by atoms with Crippen LogP contribution in [0.15, 0.2) is 58.3 Å². The summed E-state index contributed by atoms with van der Waals surface area (Å²) in [7, 11) is 1.52. The fourth-order valence-electron chi connectivity index (χ4n) is 3.69. The number of rotatable bonds is 4. The summed E-state index contributed by atoms with van der Waals surface area (Å²) < 4.78 is 7.08. The van der Waals surface area contributed by atoms with Crippen molar-refractivity contribution in [2.45, 2.75) is 12.6 Å². The van der Waals surface area contributed by atoms with Gasteiger partial charge in [0, 0.05) is 22.9 Å². The maximum atomic E-state index is 13.3. The summed E-state index contributed by atoms with van der Waals surface area (Å²) in [5, 5.41) is 6.94. The molecule has 10 heteroatoms. The Kier molecular flexibility index (Phi) is 5.24. The van der Waals surface area contributed by atoms with E-state index >= 15 is 0 Å². The highest BCUT2D eigenvalue weighted by Gasteiger charge is 2.33. The molecular weight excluding hydrogens is 448 g/mol. The fourth-order valence-corrected chi connectivity index (χ4v) is 5.41. The molecule has 162 valence electrons. The van der Waals surface area contributed by atoms with E-state index in [0.29, 0.717) is 21.7 Å². The molecule has 8 nitrogen and oxygen atoms in total. The first-order chi connectivity index (χ1) is 15.6. The lowest BCUT2D eigenvalue weighted by molar-refractivity contribution is -0.128. The minimum atomic E-state index is -0.835. The van der Waals surface area contributed by atoms with Crippen LogP contribution in [0.25, 0.3) is 20.7 Å². The summed E-state index contributed by atoms with van der Waals surface area (Å²) in [4.78, 5) is 46.2. The third kappa shape index (κ3) is 3.47. The molecule has 0 bridgehead atoms. The van der Waals surface area contributed by atoms with Gasteiger partial charge in [0.2, 0.25) is 5.91 Å². The molecule has 1 aromatic carbocycles. The van der Waals surface area contributed by atoms with Crippen molar-refractivity contribution >= 4 is 50.4 Å². The molecule has 0 fully saturated rings. The monoisotopic (exact) mass is 466 g/mol. The van der Waals surface area contributed by atoms with Crippen molar-refractivity contribution in [3.63, 3.8) is 0 Å². The molecule has 0 radical (unpaired) electrons. The van der Waals surface area contributed by atoms with Crippen LogP contribution in [0, 0.1) is 0 Å². The number of likely N-dealkylation sites (N-methyl/N-ethyl adjacent to an activating group) is 1. The number of aromatic nitrogens is 2. The topological polar surface area (TPSA) is 93.5 Å². The summed E-state index contributed by atoms with van der Waals surface area (Å²) in [6.45, 7) is -0.144. The SMILES string of the molecule is CNC(=O)[C@@H]1CN(C(=O)Cn2cnc3scc(-c4cccs4)c3c2=O)c2ccccc2O1. The van der Waals surface area contributed by atoms with Gasteiger partial charge in [0.05, 0.1) is 23.9 Å². The van der Waals surface area contributed by atoms with Crippen LogP contribution in [0.5, 0.6) is 5.75 Å². The molecule has 5 rings (SSSR count). The van der Waals surface area contributed by atoms with E-state index in [2.05, 4.69) is 10.3 Å². The van der Waals surface area contributed by atoms with Crippen LogP contribution in [-0.2, 0) is 16.1 Å². The van der Waals surface area contributed by atoms with Gasteiger partial charge in [-0.25, -0.2) is 4.98 Å². The second-order valence-corrected chi connectivity index (χ2v) is 8.98. The predicted octanol–water partition coefficient (Wildman–Crippen LogP) is 2.73. The van der Waals surface area contributed by atoms with Crippen LogP contribution in [-0.4, -0.2) is 41.1 Å². The van der Waals surface area contributed by atoms with E-state index in [0.717, 1.165) is 10.4 Å². The summed E-state index contributed by atoms with van der Waals surface area (Å²) in [5.74, 6) is -0.207. The molecule has 3 aromatic heterocycles. The maximum absolute atomic E-state index is 13.3. The first-order valence-electron chi connectivity index (χ1n) is 9.85. The van der Waals surface area contributed by atoms with Gasteiger partial charge < -0.3 is 15.0 Å². The number of fused-ring (bicyclic) bond motifs is 2. The number of ether oxygens (including phenoxy) is 1. The van der Waals surface area contributed by atoms with Gasteiger partial charge in [-0.05, 0) is 23.6 Å². The number of nitrogens with one attached hydrogen (secondary N) is 1. The zero-order valence-corrected chi connectivity index (χ0v) is 18.6. The third-order valence-electron chi connectivity index (χ3n) is 5.27. The highest BCUT2D eigenvalue weighted by atomic mass is 32.1. The number of hydrogen-bond donors (Lipinski definition) is 1. The van der Waals surface area contributed by atoms with Crippen molar-refractivity contribution in [2.75, 3.05) is 18.5 Å². The van der Waals surface area contributed by atoms with Crippen LogP contribution in [0.2, 0.25) is 0 Å². The summed E-state index contributed by atoms with van der Waals surface area (Å²) in [5.41, 5.74) is 1.13. The smallest absolute Gasteiger partial charge is 0.263 e. The molecule has 4 aromatic rings. The first-order valence-corrected chi connectivity index (χ1v) is 11.6. The van der Waals surface area contributed by atoms with Gasteiger partial charge in [0.15, 0.2) is 6.10 Å². The van der Waals surface area contributed by atoms with Crippen LogP contribution in [0.4, 0.5) is 5.69 Å². The molecule has 0 spiro atoms. The fraction of sp³-hybridized carbons (Fsp3) is 0.182. The molecule has 4 heterocycles. The summed E-state index contributed by atoms with van der Waals surface area (Å²) in [6, 6.07) is 10.9. The van der Waals surface area contributed by atoms with Crippen LogP contribution in [0.1, 0.15) is 0 Å². The molecule has 1 N–H and O–H groups in total. The van der Waals surface area contributed by atoms with Gasteiger partial charge in [0.25, 0.3) is 11.5 Å². The Balaban J connectivity index is 1.50. The van der Waals surface area contributed by atoms with Crippen molar-refractivity contribution in [3.8, 4) is 16.2 Å². The van der Waals surface area contributed by atoms with Gasteiger partial charge >= 0.3 is 0 Å². The summed E-state index contributed by atoms with van der Waals surface area (Å²) in [6.07, 6.45) is 0.568. The van der Waals surface area contributed by atoms with Crippen molar-refractivity contribution < 1.29 is 14.3 Å². The van der Waals surface area contributed by atoms with E-state index < -0.39 is 6.10 Å². The number of hydrogen-bond acceptors (Lipinski definition) is 7. The Morgan fingerprint density at radius 2 is 2.06 bits per heavy atom. The Morgan fingerprint density at radius 1 is 1.22 bits per heavy atom. The zero-order valence-electron chi connectivity index (χ0n) is 17.0. The second-order valence-electron chi connectivity index (χ2n) is 7.18. The number of amides is 2. The van der Waals surface area contributed by atoms with Gasteiger partial charge in [-0.1, -0.05) is 18.2 Å². The molecule has 32 heavy (non-hydrogen) atoms. The Labute approximate surface area is 190 Å². The quantitative estimate of drug-likeness (QED) is 0.499. The number of anilines is 1. The molecule has 0 saturated carbocycles. The molecular formula is C22H18N4O4S2. The average Bonchev–Trinajstić information content (AvgIpc) is 3.49. The predicted molar refractivity (Wildman–Crippen MR) is 124 cm³/mol. The second kappa shape index (κ2) is 8.21. The molecule has 1 aliphatic rings. The number of nitrogens with zero attached hydrogens (tertiary/aromatic N) is 3. The Morgan fingerprint density at radius 3 is 2.84 bits per heavy atom. The normalized spacial score (nSPS) is 15.3. The Bertz CT molecular complexity index is 1380. The van der Waals surface area contributed by atoms with Crippen LogP contribution in [0.3, 0.4) is 0 Å². The van der Waals surface area contributed by atoms with Crippen molar-refractivity contribution in [2.24, 2.45) is 0 Å². The molecule has 1 atom stereocenters. The van der Waals surface area contributed by atoms with Gasteiger partial charge in [-0.3, -0.25) is 19.0 Å². The Hall–Kier alpha value is -3.50. The van der Waals surface area contributed by atoms with Gasteiger partial charge in [-0.2, -0.15) is 0 Å². The molecule has 1 aliphatic heterocycles.